The molecule has 0 unspecified atom stereocenters. The van der Waals surface area contributed by atoms with Crippen molar-refractivity contribution in [2.24, 2.45) is 0 Å². The molecule has 5 nitrogen and oxygen atoms in total. The van der Waals surface area contributed by atoms with Gasteiger partial charge in [0.25, 0.3) is 0 Å². The highest BCUT2D eigenvalue weighted by Crippen LogP contribution is 2.35. The number of aryl methyl sites for hydroxylation is 1. The molecule has 0 aromatic carbocycles. The van der Waals surface area contributed by atoms with E-state index in [0.717, 1.165) is 24.2 Å². The predicted octanol–water partition coefficient (Wildman–Crippen LogP) is 1.07. The summed E-state index contributed by atoms with van der Waals surface area (Å²) < 4.78 is 7.25. The average molecular weight is 204 g/mol. The molecule has 2 heterocycles. The second kappa shape index (κ2) is 3.00. The Labute approximate surface area is 87.0 Å². The lowest BCUT2D eigenvalue weighted by molar-refractivity contribution is 0.0999. The maximum atomic E-state index is 5.45. The topological polar surface area (TPSA) is 52.3 Å². The van der Waals surface area contributed by atoms with Gasteiger partial charge in [-0.2, -0.15) is 4.52 Å². The van der Waals surface area contributed by atoms with Crippen LogP contribution in [0.15, 0.2) is 6.07 Å². The Hall–Kier alpha value is -1.49. The molecule has 0 amide bonds. The molecule has 2 aromatic heterocycles. The summed E-state index contributed by atoms with van der Waals surface area (Å²) in [4.78, 5) is 0. The standard InChI is InChI=1S/C10H12N4O/c1-6-5-9-11-12-13-14(9)10-7(6)3-4-8(10)15-2/h5,8H,3-4H2,1-2H3/t8-/m0/s1. The minimum atomic E-state index is 0.130. The Morgan fingerprint density at radius 1 is 1.53 bits per heavy atom. The maximum absolute atomic E-state index is 5.45. The molecule has 0 saturated heterocycles. The summed E-state index contributed by atoms with van der Waals surface area (Å²) in [6.45, 7) is 2.10. The van der Waals surface area contributed by atoms with E-state index in [1.165, 1.54) is 11.1 Å². The van der Waals surface area contributed by atoms with Crippen molar-refractivity contribution in [1.82, 2.24) is 20.0 Å². The van der Waals surface area contributed by atoms with Crippen molar-refractivity contribution >= 4 is 5.65 Å². The summed E-state index contributed by atoms with van der Waals surface area (Å²) in [6.07, 6.45) is 2.20. The molecule has 0 radical (unpaired) electrons. The molecule has 0 bridgehead atoms. The number of methoxy groups -OCH3 is 1. The van der Waals surface area contributed by atoms with Crippen molar-refractivity contribution in [1.29, 1.82) is 0 Å². The van der Waals surface area contributed by atoms with Crippen LogP contribution in [0.2, 0.25) is 0 Å². The van der Waals surface area contributed by atoms with Gasteiger partial charge in [0.2, 0.25) is 0 Å². The lowest BCUT2D eigenvalue weighted by Crippen LogP contribution is -2.06. The second-order valence-corrected chi connectivity index (χ2v) is 3.90. The number of ether oxygens (including phenoxy) is 1. The lowest BCUT2D eigenvalue weighted by Gasteiger charge is -2.10. The number of pyridine rings is 1. The fourth-order valence-corrected chi connectivity index (χ4v) is 2.36. The number of fused-ring (bicyclic) bond motifs is 3. The lowest BCUT2D eigenvalue weighted by atomic mass is 10.1. The van der Waals surface area contributed by atoms with Gasteiger partial charge in [-0.25, -0.2) is 0 Å². The highest BCUT2D eigenvalue weighted by Gasteiger charge is 2.27. The van der Waals surface area contributed by atoms with Gasteiger partial charge in [-0.05, 0) is 47.4 Å². The van der Waals surface area contributed by atoms with Crippen molar-refractivity contribution in [2.75, 3.05) is 7.11 Å². The van der Waals surface area contributed by atoms with Gasteiger partial charge in [-0.1, -0.05) is 0 Å². The second-order valence-electron chi connectivity index (χ2n) is 3.90. The van der Waals surface area contributed by atoms with E-state index in [-0.39, 0.29) is 6.10 Å². The molecular weight excluding hydrogens is 192 g/mol. The van der Waals surface area contributed by atoms with Crippen LogP contribution >= 0.6 is 0 Å². The summed E-state index contributed by atoms with van der Waals surface area (Å²) in [5, 5.41) is 11.7. The van der Waals surface area contributed by atoms with Gasteiger partial charge in [-0.3, -0.25) is 0 Å². The maximum Gasteiger partial charge on any atom is 0.179 e. The van der Waals surface area contributed by atoms with Gasteiger partial charge in [-0.15, -0.1) is 5.10 Å². The molecule has 0 saturated carbocycles. The van der Waals surface area contributed by atoms with E-state index in [1.54, 1.807) is 11.6 Å². The molecule has 0 N–H and O–H groups in total. The Bertz CT molecular complexity index is 519. The van der Waals surface area contributed by atoms with Crippen molar-refractivity contribution < 1.29 is 4.74 Å². The number of rotatable bonds is 1. The first-order chi connectivity index (χ1) is 7.31. The van der Waals surface area contributed by atoms with E-state index in [4.69, 9.17) is 4.74 Å². The van der Waals surface area contributed by atoms with E-state index in [2.05, 4.69) is 22.4 Å². The van der Waals surface area contributed by atoms with Gasteiger partial charge in [0, 0.05) is 7.11 Å². The fourth-order valence-electron chi connectivity index (χ4n) is 2.36. The predicted molar refractivity (Wildman–Crippen MR) is 53.6 cm³/mol. The molecule has 15 heavy (non-hydrogen) atoms. The molecule has 1 atom stereocenters. The molecule has 2 aromatic rings. The van der Waals surface area contributed by atoms with Crippen LogP contribution in [0, 0.1) is 6.92 Å². The number of tetrazole rings is 1. The molecule has 5 heteroatoms. The summed E-state index contributed by atoms with van der Waals surface area (Å²) >= 11 is 0. The van der Waals surface area contributed by atoms with E-state index in [1.807, 2.05) is 6.07 Å². The van der Waals surface area contributed by atoms with Gasteiger partial charge in [0.05, 0.1) is 11.8 Å². The summed E-state index contributed by atoms with van der Waals surface area (Å²) in [5.41, 5.74) is 4.52. The van der Waals surface area contributed by atoms with Crippen molar-refractivity contribution in [3.8, 4) is 0 Å². The number of aromatic nitrogens is 4. The molecule has 0 spiro atoms. The number of hydrogen-bond donors (Lipinski definition) is 0. The zero-order valence-electron chi connectivity index (χ0n) is 8.77. The van der Waals surface area contributed by atoms with Crippen LogP contribution in [0.4, 0.5) is 0 Å². The van der Waals surface area contributed by atoms with E-state index < -0.39 is 0 Å². The highest BCUT2D eigenvalue weighted by molar-refractivity contribution is 5.48. The monoisotopic (exact) mass is 204 g/mol. The Morgan fingerprint density at radius 2 is 2.40 bits per heavy atom. The Balaban J connectivity index is 2.36. The van der Waals surface area contributed by atoms with Gasteiger partial charge >= 0.3 is 0 Å². The number of hydrogen-bond acceptors (Lipinski definition) is 4. The minimum Gasteiger partial charge on any atom is -0.375 e. The van der Waals surface area contributed by atoms with Crippen LogP contribution < -0.4 is 0 Å². The third kappa shape index (κ3) is 1.10. The van der Waals surface area contributed by atoms with Crippen LogP contribution in [-0.4, -0.2) is 27.2 Å². The van der Waals surface area contributed by atoms with Gasteiger partial charge in [0.15, 0.2) is 5.65 Å². The first-order valence-electron chi connectivity index (χ1n) is 5.04. The smallest absolute Gasteiger partial charge is 0.179 e. The SMILES string of the molecule is CO[C@H]1CCc2c(C)cc3nnnn3c21. The third-order valence-corrected chi connectivity index (χ3v) is 3.10. The minimum absolute atomic E-state index is 0.130. The van der Waals surface area contributed by atoms with Crippen LogP contribution in [0.3, 0.4) is 0 Å². The first kappa shape index (κ1) is 8.79. The zero-order valence-corrected chi connectivity index (χ0v) is 8.77. The summed E-state index contributed by atoms with van der Waals surface area (Å²) in [6, 6.07) is 2.02. The number of nitrogens with zero attached hydrogens (tertiary/aromatic N) is 4. The van der Waals surface area contributed by atoms with Crippen LogP contribution in [0.25, 0.3) is 5.65 Å². The van der Waals surface area contributed by atoms with Crippen LogP contribution in [0.1, 0.15) is 29.3 Å². The first-order valence-corrected chi connectivity index (χ1v) is 5.04. The molecule has 3 rings (SSSR count). The molecular formula is C10H12N4O. The Morgan fingerprint density at radius 3 is 3.20 bits per heavy atom. The largest absolute Gasteiger partial charge is 0.375 e. The summed E-state index contributed by atoms with van der Waals surface area (Å²) in [5.74, 6) is 0. The Kier molecular flexibility index (Phi) is 1.76. The summed E-state index contributed by atoms with van der Waals surface area (Å²) in [7, 11) is 1.73. The van der Waals surface area contributed by atoms with Crippen molar-refractivity contribution in [2.45, 2.75) is 25.9 Å². The zero-order chi connectivity index (χ0) is 10.4. The normalized spacial score (nSPS) is 19.7. The molecule has 0 fully saturated rings. The van der Waals surface area contributed by atoms with E-state index in [9.17, 15) is 0 Å². The molecule has 0 aliphatic heterocycles. The van der Waals surface area contributed by atoms with Crippen LogP contribution in [0.5, 0.6) is 0 Å². The molecule has 78 valence electrons. The molecule has 1 aliphatic rings. The van der Waals surface area contributed by atoms with Gasteiger partial charge in [0.1, 0.15) is 0 Å². The average Bonchev–Trinajstić information content (AvgIpc) is 2.81. The van der Waals surface area contributed by atoms with Crippen molar-refractivity contribution in [3.63, 3.8) is 0 Å². The van der Waals surface area contributed by atoms with Crippen LogP contribution in [-0.2, 0) is 11.2 Å². The van der Waals surface area contributed by atoms with Gasteiger partial charge < -0.3 is 4.74 Å². The quantitative estimate of drug-likeness (QED) is 0.697. The van der Waals surface area contributed by atoms with E-state index in [0.29, 0.717) is 0 Å². The van der Waals surface area contributed by atoms with Crippen molar-refractivity contribution in [3.05, 3.63) is 22.9 Å². The third-order valence-electron chi connectivity index (χ3n) is 3.10. The van der Waals surface area contributed by atoms with E-state index >= 15 is 0 Å². The highest BCUT2D eigenvalue weighted by atomic mass is 16.5. The fraction of sp³-hybridized carbons (Fsp3) is 0.500. The molecule has 1 aliphatic carbocycles.